The fraction of sp³-hybridized carbons (Fsp3) is 0.267. The molecule has 1 aromatic carbocycles. The molecule has 0 aliphatic carbocycles. The van der Waals surface area contributed by atoms with Crippen molar-refractivity contribution in [1.29, 1.82) is 0 Å². The third kappa shape index (κ3) is 4.08. The molecule has 2 rings (SSSR count). The Morgan fingerprint density at radius 3 is 2.67 bits per heavy atom. The van der Waals surface area contributed by atoms with Crippen molar-refractivity contribution >= 4 is 5.69 Å². The fourth-order valence-electron chi connectivity index (χ4n) is 2.02. The van der Waals surface area contributed by atoms with Gasteiger partial charge in [-0.3, -0.25) is 15.1 Å². The minimum absolute atomic E-state index is 0.0656. The molecule has 1 aromatic heterocycles. The first-order valence-electron chi connectivity index (χ1n) is 6.63. The van der Waals surface area contributed by atoms with Crippen LogP contribution >= 0.6 is 0 Å². The van der Waals surface area contributed by atoms with Crippen molar-refractivity contribution < 1.29 is 10.0 Å². The summed E-state index contributed by atoms with van der Waals surface area (Å²) in [5.41, 5.74) is 1.66. The van der Waals surface area contributed by atoms with E-state index in [1.807, 2.05) is 13.0 Å². The lowest BCUT2D eigenvalue weighted by molar-refractivity contribution is -0.384. The van der Waals surface area contributed by atoms with Gasteiger partial charge in [0.05, 0.1) is 11.0 Å². The average molecular weight is 287 g/mol. The summed E-state index contributed by atoms with van der Waals surface area (Å²) in [5.74, 6) is 0. The Morgan fingerprint density at radius 1 is 1.29 bits per heavy atom. The zero-order chi connectivity index (χ0) is 15.2. The summed E-state index contributed by atoms with van der Waals surface area (Å²) in [6.07, 6.45) is 2.61. The normalized spacial score (nSPS) is 13.6. The summed E-state index contributed by atoms with van der Waals surface area (Å²) < 4.78 is 0. The van der Waals surface area contributed by atoms with Crippen LogP contribution in [0.25, 0.3) is 0 Å². The highest BCUT2D eigenvalue weighted by Crippen LogP contribution is 2.19. The molecule has 0 radical (unpaired) electrons. The molecule has 2 aromatic rings. The molecular weight excluding hydrogens is 270 g/mol. The lowest BCUT2D eigenvalue weighted by Gasteiger charge is -2.17. The van der Waals surface area contributed by atoms with E-state index in [4.69, 9.17) is 0 Å². The van der Waals surface area contributed by atoms with E-state index in [1.54, 1.807) is 30.6 Å². The van der Waals surface area contributed by atoms with Gasteiger partial charge >= 0.3 is 0 Å². The third-order valence-electron chi connectivity index (χ3n) is 3.29. The van der Waals surface area contributed by atoms with Gasteiger partial charge in [-0.1, -0.05) is 12.1 Å². The Bertz CT molecular complexity index is 604. The summed E-state index contributed by atoms with van der Waals surface area (Å²) >= 11 is 0. The molecule has 6 nitrogen and oxygen atoms in total. The van der Waals surface area contributed by atoms with E-state index in [9.17, 15) is 15.2 Å². The van der Waals surface area contributed by atoms with Crippen molar-refractivity contribution in [2.75, 3.05) is 6.54 Å². The minimum Gasteiger partial charge on any atom is -0.387 e. The zero-order valence-corrected chi connectivity index (χ0v) is 11.6. The van der Waals surface area contributed by atoms with E-state index < -0.39 is 11.0 Å². The number of nitro benzene ring substituents is 1. The molecule has 0 spiro atoms. The predicted octanol–water partition coefficient (Wildman–Crippen LogP) is 2.37. The van der Waals surface area contributed by atoms with E-state index >= 15 is 0 Å². The third-order valence-corrected chi connectivity index (χ3v) is 3.29. The predicted molar refractivity (Wildman–Crippen MR) is 78.7 cm³/mol. The van der Waals surface area contributed by atoms with Crippen LogP contribution in [0.3, 0.4) is 0 Å². The van der Waals surface area contributed by atoms with Crippen LogP contribution in [0.2, 0.25) is 0 Å². The van der Waals surface area contributed by atoms with E-state index in [2.05, 4.69) is 10.3 Å². The summed E-state index contributed by atoms with van der Waals surface area (Å²) in [4.78, 5) is 14.3. The molecule has 1 heterocycles. The monoisotopic (exact) mass is 287 g/mol. The number of pyridine rings is 1. The van der Waals surface area contributed by atoms with E-state index in [0.29, 0.717) is 6.54 Å². The first-order chi connectivity index (χ1) is 10.1. The van der Waals surface area contributed by atoms with Gasteiger partial charge in [-0.15, -0.1) is 0 Å². The van der Waals surface area contributed by atoms with Crippen molar-refractivity contribution in [3.8, 4) is 0 Å². The molecule has 2 atom stereocenters. The van der Waals surface area contributed by atoms with Crippen molar-refractivity contribution in [3.05, 3.63) is 70.0 Å². The van der Waals surface area contributed by atoms with Gasteiger partial charge in [-0.05, 0) is 30.2 Å². The maximum absolute atomic E-state index is 10.8. The Balaban J connectivity index is 1.97. The number of hydrogen-bond donors (Lipinski definition) is 2. The van der Waals surface area contributed by atoms with Crippen LogP contribution in [0.5, 0.6) is 0 Å². The second kappa shape index (κ2) is 6.92. The van der Waals surface area contributed by atoms with Gasteiger partial charge < -0.3 is 10.4 Å². The van der Waals surface area contributed by atoms with Gasteiger partial charge in [-0.2, -0.15) is 0 Å². The van der Waals surface area contributed by atoms with Crippen molar-refractivity contribution in [1.82, 2.24) is 10.3 Å². The molecule has 0 bridgehead atoms. The largest absolute Gasteiger partial charge is 0.387 e. The van der Waals surface area contributed by atoms with Crippen LogP contribution < -0.4 is 5.32 Å². The number of nitrogens with zero attached hydrogens (tertiary/aromatic N) is 2. The van der Waals surface area contributed by atoms with Crippen molar-refractivity contribution in [2.24, 2.45) is 0 Å². The molecule has 0 saturated carbocycles. The Morgan fingerprint density at radius 2 is 2.00 bits per heavy atom. The van der Waals surface area contributed by atoms with Crippen molar-refractivity contribution in [3.63, 3.8) is 0 Å². The minimum atomic E-state index is -0.644. The molecule has 0 amide bonds. The number of non-ortho nitro benzene ring substituents is 1. The van der Waals surface area contributed by atoms with Gasteiger partial charge in [-0.25, -0.2) is 0 Å². The number of rotatable bonds is 6. The first kappa shape index (κ1) is 15.1. The fourth-order valence-corrected chi connectivity index (χ4v) is 2.02. The number of benzene rings is 1. The smallest absolute Gasteiger partial charge is 0.269 e. The molecule has 0 fully saturated rings. The van der Waals surface area contributed by atoms with Gasteiger partial charge in [0.15, 0.2) is 0 Å². The second-order valence-electron chi connectivity index (χ2n) is 4.78. The van der Waals surface area contributed by atoms with Crippen LogP contribution in [0.4, 0.5) is 5.69 Å². The lowest BCUT2D eigenvalue weighted by atomic mass is 10.1. The number of nitrogens with one attached hydrogen (secondary N) is 1. The molecule has 21 heavy (non-hydrogen) atoms. The summed E-state index contributed by atoms with van der Waals surface area (Å²) in [5, 5.41) is 24.0. The molecule has 0 aliphatic rings. The van der Waals surface area contributed by atoms with E-state index in [0.717, 1.165) is 11.1 Å². The summed E-state index contributed by atoms with van der Waals surface area (Å²) in [6.45, 7) is 2.26. The van der Waals surface area contributed by atoms with Crippen molar-refractivity contribution in [2.45, 2.75) is 19.1 Å². The molecular formula is C15H17N3O3. The summed E-state index contributed by atoms with van der Waals surface area (Å²) in [6, 6.07) is 9.89. The lowest BCUT2D eigenvalue weighted by Crippen LogP contribution is -2.24. The zero-order valence-electron chi connectivity index (χ0n) is 11.6. The standard InChI is InChI=1S/C15H17N3O3/c1-11(13-3-2-4-14(9-13)18(20)21)17-10-15(19)12-5-7-16-8-6-12/h2-9,11,15,17,19H,10H2,1H3. The number of aliphatic hydroxyl groups excluding tert-OH is 1. The topological polar surface area (TPSA) is 88.3 Å². The highest BCUT2D eigenvalue weighted by Gasteiger charge is 2.13. The van der Waals surface area contributed by atoms with E-state index in [1.165, 1.54) is 12.1 Å². The maximum atomic E-state index is 10.8. The van der Waals surface area contributed by atoms with E-state index in [-0.39, 0.29) is 11.7 Å². The molecule has 0 saturated heterocycles. The van der Waals surface area contributed by atoms with Gasteiger partial charge in [0.25, 0.3) is 5.69 Å². The van der Waals surface area contributed by atoms with Crippen LogP contribution in [0, 0.1) is 10.1 Å². The highest BCUT2D eigenvalue weighted by molar-refractivity contribution is 5.35. The van der Waals surface area contributed by atoms with Gasteiger partial charge in [0, 0.05) is 37.1 Å². The van der Waals surface area contributed by atoms with Crippen LogP contribution in [0.15, 0.2) is 48.8 Å². The first-order valence-corrected chi connectivity index (χ1v) is 6.63. The quantitative estimate of drug-likeness (QED) is 0.629. The number of nitro groups is 1. The molecule has 2 N–H and O–H groups in total. The van der Waals surface area contributed by atoms with Crippen LogP contribution in [0.1, 0.15) is 30.2 Å². The SMILES string of the molecule is CC(NCC(O)c1ccncc1)c1cccc([N+](=O)[O-])c1. The molecule has 2 unspecified atom stereocenters. The Kier molecular flexibility index (Phi) is 4.97. The summed E-state index contributed by atoms with van der Waals surface area (Å²) in [7, 11) is 0. The number of aromatic nitrogens is 1. The Labute approximate surface area is 122 Å². The molecule has 6 heteroatoms. The number of aliphatic hydroxyl groups is 1. The second-order valence-corrected chi connectivity index (χ2v) is 4.78. The number of hydrogen-bond acceptors (Lipinski definition) is 5. The molecule has 0 aliphatic heterocycles. The average Bonchev–Trinajstić information content (AvgIpc) is 2.53. The van der Waals surface area contributed by atoms with Gasteiger partial charge in [0.2, 0.25) is 0 Å². The Hall–Kier alpha value is -2.31. The van der Waals surface area contributed by atoms with Crippen LogP contribution in [-0.2, 0) is 0 Å². The maximum Gasteiger partial charge on any atom is 0.269 e. The highest BCUT2D eigenvalue weighted by atomic mass is 16.6. The van der Waals surface area contributed by atoms with Crippen LogP contribution in [-0.4, -0.2) is 21.6 Å². The van der Waals surface area contributed by atoms with Gasteiger partial charge in [0.1, 0.15) is 0 Å². The molecule has 110 valence electrons.